The van der Waals surface area contributed by atoms with Crippen molar-refractivity contribution in [3.05, 3.63) is 65.2 Å². The molecule has 0 unspecified atom stereocenters. The van der Waals surface area contributed by atoms with Gasteiger partial charge in [0.15, 0.2) is 0 Å². The van der Waals surface area contributed by atoms with Gasteiger partial charge in [-0.1, -0.05) is 47.6 Å². The van der Waals surface area contributed by atoms with Crippen LogP contribution in [0, 0.1) is 6.92 Å². The van der Waals surface area contributed by atoms with E-state index in [1.807, 2.05) is 37.3 Å². The molecular weight excluding hydrogens is 370 g/mol. The predicted molar refractivity (Wildman–Crippen MR) is 114 cm³/mol. The molecule has 2 aromatic rings. The molecule has 0 aliphatic heterocycles. The molecule has 0 saturated heterocycles. The molecule has 0 bridgehead atoms. The second kappa shape index (κ2) is 11.0. The number of carbonyl (C=O) groups excluding carboxylic acids is 1. The summed E-state index contributed by atoms with van der Waals surface area (Å²) in [5.41, 5.74) is 3.44. The number of nitrogens with two attached hydrogens (primary N) is 2. The molecule has 0 aliphatic carbocycles. The molecule has 8 nitrogen and oxygen atoms in total. The summed E-state index contributed by atoms with van der Waals surface area (Å²) in [4.78, 5) is 17.5. The normalized spacial score (nSPS) is 11.1. The predicted octanol–water partition coefficient (Wildman–Crippen LogP) is 3.10. The van der Waals surface area contributed by atoms with Crippen molar-refractivity contribution in [3.8, 4) is 0 Å². The van der Waals surface area contributed by atoms with E-state index in [2.05, 4.69) is 17.3 Å². The van der Waals surface area contributed by atoms with Gasteiger partial charge in [-0.25, -0.2) is 21.5 Å². The van der Waals surface area contributed by atoms with Gasteiger partial charge in [0.25, 0.3) is 0 Å². The van der Waals surface area contributed by atoms with E-state index in [-0.39, 0.29) is 6.61 Å². The fraction of sp³-hybridized carbons (Fsp3) is 0.333. The average Bonchev–Trinajstić information content (AvgIpc) is 2.72. The lowest BCUT2D eigenvalue weighted by Crippen LogP contribution is -2.49. The molecule has 0 heterocycles. The highest BCUT2D eigenvalue weighted by molar-refractivity contribution is 5.91. The lowest BCUT2D eigenvalue weighted by Gasteiger charge is -2.23. The molecule has 2 amide bonds. The molecule has 0 saturated carbocycles. The number of carbonyl (C=O) groups is 1. The van der Waals surface area contributed by atoms with Gasteiger partial charge in [-0.2, -0.15) is 0 Å². The zero-order valence-corrected chi connectivity index (χ0v) is 17.2. The van der Waals surface area contributed by atoms with Crippen molar-refractivity contribution in [3.63, 3.8) is 0 Å². The van der Waals surface area contributed by atoms with Crippen molar-refractivity contribution in [2.75, 3.05) is 18.7 Å². The van der Waals surface area contributed by atoms with E-state index in [4.69, 9.17) is 21.3 Å². The summed E-state index contributed by atoms with van der Waals surface area (Å²) in [6.45, 7) is 4.34. The lowest BCUT2D eigenvalue weighted by molar-refractivity contribution is 0.118. The van der Waals surface area contributed by atoms with Crippen LogP contribution in [0.25, 0.3) is 0 Å². The van der Waals surface area contributed by atoms with E-state index >= 15 is 0 Å². The van der Waals surface area contributed by atoms with Gasteiger partial charge < -0.3 is 9.57 Å². The maximum Gasteiger partial charge on any atom is 0.352 e. The quantitative estimate of drug-likeness (QED) is 0.177. The first-order chi connectivity index (χ1) is 13.9. The minimum Gasteiger partial charge on any atom is -0.479 e. The Balaban J connectivity index is 1.87. The van der Waals surface area contributed by atoms with Crippen LogP contribution in [0.15, 0.2) is 53.7 Å². The number of nitrogens with zero attached hydrogens (tertiary/aromatic N) is 3. The van der Waals surface area contributed by atoms with Gasteiger partial charge in [-0.15, -0.1) is 0 Å². The molecule has 2 aromatic carbocycles. The second-order valence-electron chi connectivity index (χ2n) is 6.66. The maximum absolute atomic E-state index is 12.1. The van der Waals surface area contributed by atoms with E-state index in [0.717, 1.165) is 34.0 Å². The Morgan fingerprint density at radius 3 is 2.52 bits per heavy atom. The lowest BCUT2D eigenvalue weighted by atomic mass is 10.1. The fourth-order valence-corrected chi connectivity index (χ4v) is 2.73. The molecule has 2 rings (SSSR count). The van der Waals surface area contributed by atoms with Crippen LogP contribution in [-0.2, 0) is 22.6 Å². The SMILES string of the molecule is C/C(=N\OCc1c(C)cccc1N(N)C(=O)N(C)N)OCCCc1ccccc1. The van der Waals surface area contributed by atoms with E-state index in [1.165, 1.54) is 12.6 Å². The number of ether oxygens (including phenoxy) is 1. The van der Waals surface area contributed by atoms with Crippen LogP contribution in [0.5, 0.6) is 0 Å². The first-order valence-electron chi connectivity index (χ1n) is 9.39. The number of benzene rings is 2. The zero-order chi connectivity index (χ0) is 21.2. The van der Waals surface area contributed by atoms with E-state index in [1.54, 1.807) is 13.0 Å². The summed E-state index contributed by atoms with van der Waals surface area (Å²) in [7, 11) is 1.43. The van der Waals surface area contributed by atoms with Crippen LogP contribution in [0.2, 0.25) is 0 Å². The summed E-state index contributed by atoms with van der Waals surface area (Å²) in [6.07, 6.45) is 1.83. The summed E-state index contributed by atoms with van der Waals surface area (Å²) >= 11 is 0. The Hall–Kier alpha value is -3.10. The largest absolute Gasteiger partial charge is 0.479 e. The third-order valence-electron chi connectivity index (χ3n) is 4.32. The van der Waals surface area contributed by atoms with Crippen molar-refractivity contribution in [1.29, 1.82) is 0 Å². The number of hydrazine groups is 2. The Morgan fingerprint density at radius 2 is 1.83 bits per heavy atom. The molecule has 0 fully saturated rings. The first kappa shape index (κ1) is 22.2. The summed E-state index contributed by atoms with van der Waals surface area (Å²) in [6, 6.07) is 15.1. The Morgan fingerprint density at radius 1 is 1.10 bits per heavy atom. The van der Waals surface area contributed by atoms with Gasteiger partial charge in [0, 0.05) is 19.5 Å². The van der Waals surface area contributed by atoms with Crippen molar-refractivity contribution in [1.82, 2.24) is 5.01 Å². The highest BCUT2D eigenvalue weighted by Gasteiger charge is 2.18. The van der Waals surface area contributed by atoms with Crippen LogP contribution in [0.4, 0.5) is 10.5 Å². The molecule has 0 spiro atoms. The molecule has 0 radical (unpaired) electrons. The molecule has 0 aliphatic rings. The molecule has 156 valence electrons. The van der Waals surface area contributed by atoms with E-state index in [9.17, 15) is 4.79 Å². The third kappa shape index (κ3) is 6.78. The van der Waals surface area contributed by atoms with Crippen molar-refractivity contribution >= 4 is 17.6 Å². The van der Waals surface area contributed by atoms with Gasteiger partial charge in [-0.3, -0.25) is 5.01 Å². The third-order valence-corrected chi connectivity index (χ3v) is 4.32. The number of oxime groups is 1. The first-order valence-corrected chi connectivity index (χ1v) is 9.39. The van der Waals surface area contributed by atoms with Crippen molar-refractivity contribution in [2.24, 2.45) is 16.8 Å². The van der Waals surface area contributed by atoms with Gasteiger partial charge in [0.05, 0.1) is 12.3 Å². The number of rotatable bonds is 8. The van der Waals surface area contributed by atoms with Gasteiger partial charge >= 0.3 is 6.03 Å². The number of aryl methyl sites for hydroxylation is 2. The Bertz CT molecular complexity index is 824. The Labute approximate surface area is 171 Å². The summed E-state index contributed by atoms with van der Waals surface area (Å²) < 4.78 is 5.59. The maximum atomic E-state index is 12.1. The average molecular weight is 399 g/mol. The molecule has 29 heavy (non-hydrogen) atoms. The van der Waals surface area contributed by atoms with Crippen LogP contribution in [-0.4, -0.2) is 30.6 Å². The fourth-order valence-electron chi connectivity index (χ4n) is 2.73. The summed E-state index contributed by atoms with van der Waals surface area (Å²) in [5.74, 6) is 11.8. The number of anilines is 1. The van der Waals surface area contributed by atoms with Crippen LogP contribution < -0.4 is 16.7 Å². The molecule has 8 heteroatoms. The monoisotopic (exact) mass is 399 g/mol. The molecule has 0 aromatic heterocycles. The topological polar surface area (TPSA) is 106 Å². The highest BCUT2D eigenvalue weighted by Crippen LogP contribution is 2.23. The number of urea groups is 1. The minimum atomic E-state index is -0.543. The summed E-state index contributed by atoms with van der Waals surface area (Å²) in [5, 5.41) is 5.90. The van der Waals surface area contributed by atoms with Crippen molar-refractivity contribution in [2.45, 2.75) is 33.3 Å². The molecule has 0 atom stereocenters. The van der Waals surface area contributed by atoms with Crippen LogP contribution >= 0.6 is 0 Å². The van der Waals surface area contributed by atoms with E-state index in [0.29, 0.717) is 18.2 Å². The zero-order valence-electron chi connectivity index (χ0n) is 17.2. The van der Waals surface area contributed by atoms with Crippen LogP contribution in [0.1, 0.15) is 30.0 Å². The van der Waals surface area contributed by atoms with Crippen molar-refractivity contribution < 1.29 is 14.4 Å². The second-order valence-corrected chi connectivity index (χ2v) is 6.66. The van der Waals surface area contributed by atoms with E-state index < -0.39 is 6.03 Å². The Kier molecular flexibility index (Phi) is 8.45. The minimum absolute atomic E-state index is 0.141. The number of amides is 2. The molecular formula is C21H29N5O3. The number of hydrogen-bond acceptors (Lipinski definition) is 6. The smallest absolute Gasteiger partial charge is 0.352 e. The standard InChI is InChI=1S/C21H29N5O3/c1-16-9-7-13-20(26(23)21(27)25(3)22)19(16)15-29-24-17(2)28-14-8-12-18-10-5-4-6-11-18/h4-7,9-11,13H,8,12,14-15,22-23H2,1-3H3/b24-17+. The van der Waals surface area contributed by atoms with Crippen LogP contribution in [0.3, 0.4) is 0 Å². The van der Waals surface area contributed by atoms with Gasteiger partial charge in [-0.05, 0) is 37.0 Å². The number of hydrogen-bond donors (Lipinski definition) is 2. The highest BCUT2D eigenvalue weighted by atomic mass is 16.6. The molecule has 4 N–H and O–H groups in total. The van der Waals surface area contributed by atoms with Gasteiger partial charge in [0.2, 0.25) is 5.90 Å². The van der Waals surface area contributed by atoms with Gasteiger partial charge in [0.1, 0.15) is 6.61 Å².